The summed E-state index contributed by atoms with van der Waals surface area (Å²) in [5, 5.41) is 12.7. The maximum atomic E-state index is 12.3. The van der Waals surface area contributed by atoms with E-state index in [0.717, 1.165) is 11.1 Å². The molecule has 0 aliphatic carbocycles. The van der Waals surface area contributed by atoms with Crippen molar-refractivity contribution in [2.75, 3.05) is 6.79 Å². The molecule has 2 aromatic carbocycles. The fraction of sp³-hybridized carbons (Fsp3) is 0.235. The Kier molecular flexibility index (Phi) is 3.63. The van der Waals surface area contributed by atoms with Gasteiger partial charge in [0.2, 0.25) is 6.79 Å². The van der Waals surface area contributed by atoms with Crippen LogP contribution >= 0.6 is 0 Å². The maximum Gasteiger partial charge on any atom is 0.255 e. The van der Waals surface area contributed by atoms with Gasteiger partial charge in [0.25, 0.3) is 5.91 Å². The maximum absolute atomic E-state index is 12.3. The third-order valence-corrected chi connectivity index (χ3v) is 3.64. The lowest BCUT2D eigenvalue weighted by atomic mass is 10.1. The van der Waals surface area contributed by atoms with Gasteiger partial charge in [0.1, 0.15) is 5.75 Å². The molecular formula is C17H17NO4. The van der Waals surface area contributed by atoms with Crippen molar-refractivity contribution in [1.29, 1.82) is 0 Å². The van der Waals surface area contributed by atoms with Crippen molar-refractivity contribution in [3.05, 3.63) is 53.1 Å². The van der Waals surface area contributed by atoms with Gasteiger partial charge in [0, 0.05) is 0 Å². The van der Waals surface area contributed by atoms with Gasteiger partial charge in [-0.2, -0.15) is 0 Å². The number of benzene rings is 2. The van der Waals surface area contributed by atoms with Crippen LogP contribution in [0.3, 0.4) is 0 Å². The van der Waals surface area contributed by atoms with Crippen molar-refractivity contribution in [2.45, 2.75) is 19.9 Å². The van der Waals surface area contributed by atoms with E-state index in [2.05, 4.69) is 5.32 Å². The van der Waals surface area contributed by atoms with Gasteiger partial charge in [-0.25, -0.2) is 0 Å². The van der Waals surface area contributed by atoms with Crippen LogP contribution in [0, 0.1) is 6.92 Å². The van der Waals surface area contributed by atoms with Crippen LogP contribution in [-0.4, -0.2) is 17.8 Å². The van der Waals surface area contributed by atoms with E-state index in [1.807, 2.05) is 32.0 Å². The van der Waals surface area contributed by atoms with E-state index in [1.54, 1.807) is 12.1 Å². The number of hydrogen-bond donors (Lipinski definition) is 2. The molecule has 1 aliphatic rings. The molecule has 0 fully saturated rings. The minimum absolute atomic E-state index is 0.0269. The first-order chi connectivity index (χ1) is 10.5. The second kappa shape index (κ2) is 5.60. The molecule has 5 heteroatoms. The fourth-order valence-electron chi connectivity index (χ4n) is 2.37. The average molecular weight is 299 g/mol. The summed E-state index contributed by atoms with van der Waals surface area (Å²) in [7, 11) is 0. The van der Waals surface area contributed by atoms with Crippen molar-refractivity contribution in [3.8, 4) is 17.2 Å². The highest BCUT2D eigenvalue weighted by atomic mass is 16.7. The number of hydrogen-bond acceptors (Lipinski definition) is 4. The van der Waals surface area contributed by atoms with Crippen LogP contribution in [0.25, 0.3) is 0 Å². The molecule has 0 bridgehead atoms. The van der Waals surface area contributed by atoms with Gasteiger partial charge in [-0.1, -0.05) is 17.7 Å². The Morgan fingerprint density at radius 3 is 2.77 bits per heavy atom. The third-order valence-electron chi connectivity index (χ3n) is 3.64. The fourth-order valence-corrected chi connectivity index (χ4v) is 2.37. The van der Waals surface area contributed by atoms with Gasteiger partial charge in [-0.05, 0) is 43.7 Å². The Morgan fingerprint density at radius 1 is 1.18 bits per heavy atom. The molecule has 0 saturated heterocycles. The van der Waals surface area contributed by atoms with Crippen LogP contribution in [0.2, 0.25) is 0 Å². The molecule has 0 radical (unpaired) electrons. The summed E-state index contributed by atoms with van der Waals surface area (Å²) in [4.78, 5) is 12.3. The normalized spacial score (nSPS) is 13.7. The lowest BCUT2D eigenvalue weighted by Crippen LogP contribution is -2.26. The van der Waals surface area contributed by atoms with Crippen LogP contribution < -0.4 is 14.8 Å². The van der Waals surface area contributed by atoms with E-state index >= 15 is 0 Å². The Labute approximate surface area is 128 Å². The predicted molar refractivity (Wildman–Crippen MR) is 81.3 cm³/mol. The molecule has 2 N–H and O–H groups in total. The molecule has 1 unspecified atom stereocenters. The summed E-state index contributed by atoms with van der Waals surface area (Å²) in [6.07, 6.45) is 0. The first kappa shape index (κ1) is 14.3. The molecule has 0 spiro atoms. The first-order valence-electron chi connectivity index (χ1n) is 7.04. The van der Waals surface area contributed by atoms with E-state index in [9.17, 15) is 9.90 Å². The molecule has 114 valence electrons. The monoisotopic (exact) mass is 299 g/mol. The van der Waals surface area contributed by atoms with Gasteiger partial charge < -0.3 is 19.9 Å². The topological polar surface area (TPSA) is 67.8 Å². The van der Waals surface area contributed by atoms with Crippen molar-refractivity contribution in [2.24, 2.45) is 0 Å². The number of carbonyl (C=O) groups is 1. The number of aromatic hydroxyl groups is 1. The van der Waals surface area contributed by atoms with Crippen LogP contribution in [0.4, 0.5) is 0 Å². The second-order valence-corrected chi connectivity index (χ2v) is 5.33. The molecule has 1 heterocycles. The molecule has 5 nitrogen and oxygen atoms in total. The third kappa shape index (κ3) is 2.70. The van der Waals surface area contributed by atoms with E-state index in [1.165, 1.54) is 6.07 Å². The van der Waals surface area contributed by atoms with Gasteiger partial charge in [0.05, 0.1) is 11.6 Å². The molecule has 0 aromatic heterocycles. The van der Waals surface area contributed by atoms with Gasteiger partial charge in [-0.15, -0.1) is 0 Å². The number of phenolic OH excluding ortho intramolecular Hbond substituents is 1. The van der Waals surface area contributed by atoms with E-state index < -0.39 is 0 Å². The molecule has 22 heavy (non-hydrogen) atoms. The number of aryl methyl sites for hydroxylation is 1. The largest absolute Gasteiger partial charge is 0.507 e. The Hall–Kier alpha value is -2.69. The molecule has 2 aromatic rings. The van der Waals surface area contributed by atoms with Crippen molar-refractivity contribution < 1.29 is 19.4 Å². The lowest BCUT2D eigenvalue weighted by molar-refractivity contribution is 0.0937. The summed E-state index contributed by atoms with van der Waals surface area (Å²) in [5.74, 6) is 1.04. The van der Waals surface area contributed by atoms with Crippen molar-refractivity contribution >= 4 is 5.91 Å². The highest BCUT2D eigenvalue weighted by Gasteiger charge is 2.18. The molecule has 1 atom stereocenters. The smallest absolute Gasteiger partial charge is 0.255 e. The predicted octanol–water partition coefficient (Wildman–Crippen LogP) is 2.92. The molecule has 0 saturated carbocycles. The van der Waals surface area contributed by atoms with E-state index in [4.69, 9.17) is 9.47 Å². The van der Waals surface area contributed by atoms with E-state index in [-0.39, 0.29) is 30.1 Å². The standard InChI is InChI=1S/C17H17NO4/c1-10-3-5-14(19)13(7-10)17(20)18-11(2)12-4-6-15-16(8-12)22-9-21-15/h3-8,11,19H,9H2,1-2H3,(H,18,20). The van der Waals surface area contributed by atoms with Crippen molar-refractivity contribution in [3.63, 3.8) is 0 Å². The summed E-state index contributed by atoms with van der Waals surface area (Å²) in [6.45, 7) is 3.97. The van der Waals surface area contributed by atoms with Gasteiger partial charge in [-0.3, -0.25) is 4.79 Å². The lowest BCUT2D eigenvalue weighted by Gasteiger charge is -2.15. The van der Waals surface area contributed by atoms with Crippen LogP contribution in [0.15, 0.2) is 36.4 Å². The SMILES string of the molecule is Cc1ccc(O)c(C(=O)NC(C)c2ccc3c(c2)OCO3)c1. The van der Waals surface area contributed by atoms with Crippen LogP contribution in [0.5, 0.6) is 17.2 Å². The quantitative estimate of drug-likeness (QED) is 0.914. The molecular weight excluding hydrogens is 282 g/mol. The zero-order valence-electron chi connectivity index (χ0n) is 12.4. The Balaban J connectivity index is 1.77. The Morgan fingerprint density at radius 2 is 1.95 bits per heavy atom. The molecule has 1 aliphatic heterocycles. The first-order valence-corrected chi connectivity index (χ1v) is 7.04. The van der Waals surface area contributed by atoms with Crippen molar-refractivity contribution in [1.82, 2.24) is 5.32 Å². The summed E-state index contributed by atoms with van der Waals surface area (Å²) in [5.41, 5.74) is 2.09. The highest BCUT2D eigenvalue weighted by Crippen LogP contribution is 2.34. The summed E-state index contributed by atoms with van der Waals surface area (Å²) >= 11 is 0. The minimum atomic E-state index is -0.314. The number of rotatable bonds is 3. The Bertz CT molecular complexity index is 727. The second-order valence-electron chi connectivity index (χ2n) is 5.33. The molecule has 3 rings (SSSR count). The summed E-state index contributed by atoms with van der Waals surface area (Å²) in [6, 6.07) is 10.3. The number of ether oxygens (including phenoxy) is 2. The van der Waals surface area contributed by atoms with Gasteiger partial charge in [0.15, 0.2) is 11.5 Å². The van der Waals surface area contributed by atoms with Crippen LogP contribution in [0.1, 0.15) is 34.5 Å². The molecule has 1 amide bonds. The number of phenols is 1. The highest BCUT2D eigenvalue weighted by molar-refractivity contribution is 5.97. The zero-order valence-corrected chi connectivity index (χ0v) is 12.4. The average Bonchev–Trinajstić information content (AvgIpc) is 2.97. The van der Waals surface area contributed by atoms with Crippen LogP contribution in [-0.2, 0) is 0 Å². The number of carbonyl (C=O) groups excluding carboxylic acids is 1. The summed E-state index contributed by atoms with van der Waals surface area (Å²) < 4.78 is 10.6. The zero-order chi connectivity index (χ0) is 15.7. The van der Waals surface area contributed by atoms with E-state index in [0.29, 0.717) is 11.5 Å². The minimum Gasteiger partial charge on any atom is -0.507 e. The number of amides is 1. The number of fused-ring (bicyclic) bond motifs is 1. The number of nitrogens with one attached hydrogen (secondary N) is 1. The van der Waals surface area contributed by atoms with Gasteiger partial charge >= 0.3 is 0 Å².